The predicted molar refractivity (Wildman–Crippen MR) is 132 cm³/mol. The Morgan fingerprint density at radius 3 is 2.12 bits per heavy atom. The lowest BCUT2D eigenvalue weighted by Gasteiger charge is -2.38. The first-order valence-electron chi connectivity index (χ1n) is 11.2. The smallest absolute Gasteiger partial charge is 0.339 e. The number of esters is 1. The van der Waals surface area contributed by atoms with Gasteiger partial charge in [-0.1, -0.05) is 103 Å². The Balaban J connectivity index is 1.59. The van der Waals surface area contributed by atoms with E-state index in [4.69, 9.17) is 4.74 Å². The number of carbonyl (C=O) groups is 1. The molecule has 4 aromatic rings. The van der Waals surface area contributed by atoms with Crippen molar-refractivity contribution in [1.82, 2.24) is 4.90 Å². The first-order chi connectivity index (χ1) is 16.3. The summed E-state index contributed by atoms with van der Waals surface area (Å²) >= 11 is 0. The highest BCUT2D eigenvalue weighted by atomic mass is 16.6. The molecule has 0 fully saturated rings. The van der Waals surface area contributed by atoms with Crippen LogP contribution in [0.15, 0.2) is 115 Å². The van der Waals surface area contributed by atoms with Gasteiger partial charge < -0.3 is 4.74 Å². The average molecular weight is 432 g/mol. The third-order valence-corrected chi connectivity index (χ3v) is 5.88. The molecule has 162 valence electrons. The van der Waals surface area contributed by atoms with Crippen molar-refractivity contribution in [1.29, 1.82) is 0 Å². The summed E-state index contributed by atoms with van der Waals surface area (Å²) in [6.45, 7) is 1.37. The quantitative estimate of drug-likeness (QED) is 0.341. The van der Waals surface area contributed by atoms with Gasteiger partial charge in [-0.2, -0.15) is 0 Å². The van der Waals surface area contributed by atoms with E-state index in [1.807, 2.05) is 60.7 Å². The molecule has 0 N–H and O–H groups in total. The SMILES string of the molecule is O=C(OC1/C(=C\c2ccccc2)c2ccccc2CN1Cc1ccccc1)c1ccccc1. The zero-order valence-electron chi connectivity index (χ0n) is 18.3. The largest absolute Gasteiger partial charge is 0.438 e. The summed E-state index contributed by atoms with van der Waals surface area (Å²) in [5.74, 6) is -0.322. The fourth-order valence-electron chi connectivity index (χ4n) is 4.29. The third kappa shape index (κ3) is 4.79. The van der Waals surface area contributed by atoms with Crippen molar-refractivity contribution < 1.29 is 9.53 Å². The Labute approximate surface area is 194 Å². The van der Waals surface area contributed by atoms with Crippen LogP contribution in [0.3, 0.4) is 0 Å². The van der Waals surface area contributed by atoms with Crippen LogP contribution in [0, 0.1) is 0 Å². The van der Waals surface area contributed by atoms with E-state index in [2.05, 4.69) is 53.4 Å². The summed E-state index contributed by atoms with van der Waals surface area (Å²) < 4.78 is 6.22. The van der Waals surface area contributed by atoms with E-state index in [0.29, 0.717) is 18.7 Å². The van der Waals surface area contributed by atoms with Gasteiger partial charge in [0.25, 0.3) is 0 Å². The van der Waals surface area contributed by atoms with E-state index >= 15 is 0 Å². The maximum atomic E-state index is 13.1. The van der Waals surface area contributed by atoms with Crippen molar-refractivity contribution in [3.8, 4) is 0 Å². The predicted octanol–water partition coefficient (Wildman–Crippen LogP) is 6.43. The van der Waals surface area contributed by atoms with Crippen LogP contribution in [-0.4, -0.2) is 17.1 Å². The molecule has 1 atom stereocenters. The fourth-order valence-corrected chi connectivity index (χ4v) is 4.29. The van der Waals surface area contributed by atoms with Gasteiger partial charge in [0, 0.05) is 18.7 Å². The molecule has 0 amide bonds. The number of ether oxygens (including phenoxy) is 1. The lowest BCUT2D eigenvalue weighted by molar-refractivity contribution is -0.0143. The second-order valence-electron chi connectivity index (χ2n) is 8.18. The number of carbonyl (C=O) groups excluding carboxylic acids is 1. The maximum absolute atomic E-state index is 13.1. The molecule has 0 saturated heterocycles. The Morgan fingerprint density at radius 2 is 1.39 bits per heavy atom. The normalized spacial score (nSPS) is 16.8. The van der Waals surface area contributed by atoms with Crippen LogP contribution in [0.25, 0.3) is 11.6 Å². The molecule has 1 aliphatic heterocycles. The molecule has 0 saturated carbocycles. The number of nitrogens with zero attached hydrogens (tertiary/aromatic N) is 1. The Bertz CT molecular complexity index is 1250. The minimum Gasteiger partial charge on any atom is -0.438 e. The third-order valence-electron chi connectivity index (χ3n) is 5.88. The number of hydrogen-bond acceptors (Lipinski definition) is 3. The van der Waals surface area contributed by atoms with Crippen molar-refractivity contribution in [3.05, 3.63) is 143 Å². The van der Waals surface area contributed by atoms with Crippen molar-refractivity contribution in [3.63, 3.8) is 0 Å². The van der Waals surface area contributed by atoms with E-state index in [0.717, 1.165) is 16.7 Å². The lowest BCUT2D eigenvalue weighted by atomic mass is 9.91. The number of hydrogen-bond donors (Lipinski definition) is 0. The van der Waals surface area contributed by atoms with Crippen molar-refractivity contribution in [2.24, 2.45) is 0 Å². The Kier molecular flexibility index (Phi) is 6.14. The van der Waals surface area contributed by atoms with Gasteiger partial charge in [0.2, 0.25) is 0 Å². The lowest BCUT2D eigenvalue weighted by Crippen LogP contribution is -2.42. The summed E-state index contributed by atoms with van der Waals surface area (Å²) in [6.07, 6.45) is 1.63. The molecule has 1 heterocycles. The van der Waals surface area contributed by atoms with Crippen molar-refractivity contribution >= 4 is 17.6 Å². The molecule has 4 aromatic carbocycles. The van der Waals surface area contributed by atoms with E-state index in [-0.39, 0.29) is 5.97 Å². The molecular formula is C30H25NO2. The summed E-state index contributed by atoms with van der Waals surface area (Å²) in [6, 6.07) is 38.1. The minimum atomic E-state index is -0.506. The van der Waals surface area contributed by atoms with Gasteiger partial charge >= 0.3 is 5.97 Å². The molecular weight excluding hydrogens is 406 g/mol. The van der Waals surface area contributed by atoms with Crippen LogP contribution < -0.4 is 0 Å². The van der Waals surface area contributed by atoms with Gasteiger partial charge in [-0.3, -0.25) is 4.90 Å². The average Bonchev–Trinajstić information content (AvgIpc) is 2.87. The van der Waals surface area contributed by atoms with Crippen LogP contribution in [-0.2, 0) is 17.8 Å². The van der Waals surface area contributed by atoms with Gasteiger partial charge in [0.1, 0.15) is 0 Å². The first kappa shape index (κ1) is 20.9. The van der Waals surface area contributed by atoms with E-state index < -0.39 is 6.23 Å². The number of fused-ring (bicyclic) bond motifs is 1. The van der Waals surface area contributed by atoms with Crippen molar-refractivity contribution in [2.75, 3.05) is 0 Å². The van der Waals surface area contributed by atoms with Crippen LogP contribution in [0.2, 0.25) is 0 Å². The molecule has 1 unspecified atom stereocenters. The Morgan fingerprint density at radius 1 is 0.788 bits per heavy atom. The maximum Gasteiger partial charge on any atom is 0.339 e. The second kappa shape index (κ2) is 9.68. The molecule has 0 aliphatic carbocycles. The van der Waals surface area contributed by atoms with Crippen LogP contribution >= 0.6 is 0 Å². The van der Waals surface area contributed by atoms with Crippen LogP contribution in [0.1, 0.15) is 32.6 Å². The molecule has 0 spiro atoms. The molecule has 0 aromatic heterocycles. The zero-order valence-corrected chi connectivity index (χ0v) is 18.3. The molecule has 0 radical (unpaired) electrons. The minimum absolute atomic E-state index is 0.322. The first-order valence-corrected chi connectivity index (χ1v) is 11.2. The van der Waals surface area contributed by atoms with Gasteiger partial charge in [0.05, 0.1) is 5.56 Å². The van der Waals surface area contributed by atoms with E-state index in [1.165, 1.54) is 11.1 Å². The summed E-state index contributed by atoms with van der Waals surface area (Å²) in [5, 5.41) is 0. The van der Waals surface area contributed by atoms with Crippen LogP contribution in [0.5, 0.6) is 0 Å². The topological polar surface area (TPSA) is 29.5 Å². The fraction of sp³-hybridized carbons (Fsp3) is 0.100. The zero-order chi connectivity index (χ0) is 22.5. The number of rotatable bonds is 5. The van der Waals surface area contributed by atoms with E-state index in [9.17, 15) is 4.79 Å². The summed E-state index contributed by atoms with van der Waals surface area (Å²) in [7, 11) is 0. The second-order valence-corrected chi connectivity index (χ2v) is 8.18. The van der Waals surface area contributed by atoms with Crippen LogP contribution in [0.4, 0.5) is 0 Å². The Hall–Kier alpha value is -3.95. The highest BCUT2D eigenvalue weighted by molar-refractivity contribution is 5.92. The van der Waals surface area contributed by atoms with Gasteiger partial charge in [-0.05, 0) is 40.5 Å². The van der Waals surface area contributed by atoms with Gasteiger partial charge in [0.15, 0.2) is 6.23 Å². The molecule has 0 bridgehead atoms. The number of benzene rings is 4. The van der Waals surface area contributed by atoms with Gasteiger partial charge in [-0.15, -0.1) is 0 Å². The molecule has 3 heteroatoms. The monoisotopic (exact) mass is 431 g/mol. The highest BCUT2D eigenvalue weighted by Gasteiger charge is 2.33. The molecule has 3 nitrogen and oxygen atoms in total. The highest BCUT2D eigenvalue weighted by Crippen LogP contribution is 2.36. The molecule has 33 heavy (non-hydrogen) atoms. The summed E-state index contributed by atoms with van der Waals surface area (Å²) in [4.78, 5) is 15.4. The van der Waals surface area contributed by atoms with Gasteiger partial charge in [-0.25, -0.2) is 4.79 Å². The molecule has 5 rings (SSSR count). The summed E-state index contributed by atoms with van der Waals surface area (Å²) in [5.41, 5.74) is 6.14. The molecule has 1 aliphatic rings. The van der Waals surface area contributed by atoms with E-state index in [1.54, 1.807) is 12.1 Å². The van der Waals surface area contributed by atoms with Crippen molar-refractivity contribution in [2.45, 2.75) is 19.3 Å². The standard InChI is InChI=1S/C30H25NO2/c32-30(25-16-8-3-9-17-25)33-29-28(20-23-12-4-1-5-13-23)27-19-11-10-18-26(27)22-31(29)21-24-14-6-2-7-15-24/h1-20,29H,21-22H2/b28-20-.